The molecule has 1 unspecified atom stereocenters. The average molecular weight is 277 g/mol. The molecular formula is C15H20FN3O. The second kappa shape index (κ2) is 6.03. The van der Waals surface area contributed by atoms with Crippen LogP contribution in [-0.4, -0.2) is 41.5 Å². The predicted molar refractivity (Wildman–Crippen MR) is 77.0 cm³/mol. The molecule has 2 heterocycles. The topological polar surface area (TPSA) is 36.4 Å². The molecule has 1 aliphatic rings. The number of allylic oxidation sites excluding steroid dienone is 1. The molecule has 0 saturated carbocycles. The Morgan fingerprint density at radius 2 is 2.20 bits per heavy atom. The Bertz CT molecular complexity index is 530. The maximum Gasteiger partial charge on any atom is 0.249 e. The molecule has 20 heavy (non-hydrogen) atoms. The zero-order valence-corrected chi connectivity index (χ0v) is 12.1. The largest absolute Gasteiger partial charge is 0.350 e. The van der Waals surface area contributed by atoms with Gasteiger partial charge in [-0.1, -0.05) is 12.1 Å². The van der Waals surface area contributed by atoms with Crippen molar-refractivity contribution in [1.29, 1.82) is 0 Å². The Morgan fingerprint density at radius 3 is 2.80 bits per heavy atom. The molecule has 0 N–H and O–H groups in total. The fraction of sp³-hybridized carbons (Fsp3) is 0.467. The van der Waals surface area contributed by atoms with E-state index in [0.29, 0.717) is 25.5 Å². The molecule has 1 saturated heterocycles. The van der Waals surface area contributed by atoms with Crippen LogP contribution in [0.5, 0.6) is 0 Å². The number of carbonyl (C=O) groups is 1. The number of aromatic nitrogens is 1. The van der Waals surface area contributed by atoms with E-state index in [4.69, 9.17) is 0 Å². The molecule has 0 radical (unpaired) electrons. The fourth-order valence-electron chi connectivity index (χ4n) is 2.41. The van der Waals surface area contributed by atoms with Crippen molar-refractivity contribution in [3.63, 3.8) is 0 Å². The van der Waals surface area contributed by atoms with Gasteiger partial charge in [0, 0.05) is 31.2 Å². The molecule has 1 aromatic rings. The highest BCUT2D eigenvalue weighted by atomic mass is 19.1. The van der Waals surface area contributed by atoms with E-state index in [1.54, 1.807) is 12.1 Å². The average Bonchev–Trinajstić information content (AvgIpc) is 2.45. The number of hydrogen-bond donors (Lipinski definition) is 0. The highest BCUT2D eigenvalue weighted by Gasteiger charge is 2.27. The summed E-state index contributed by atoms with van der Waals surface area (Å²) in [4.78, 5) is 19.9. The van der Waals surface area contributed by atoms with E-state index in [9.17, 15) is 9.18 Å². The van der Waals surface area contributed by atoms with Crippen molar-refractivity contribution >= 4 is 11.7 Å². The van der Waals surface area contributed by atoms with E-state index >= 15 is 0 Å². The van der Waals surface area contributed by atoms with E-state index in [-0.39, 0.29) is 11.9 Å². The van der Waals surface area contributed by atoms with E-state index in [1.165, 1.54) is 6.07 Å². The van der Waals surface area contributed by atoms with Gasteiger partial charge in [0.25, 0.3) is 0 Å². The van der Waals surface area contributed by atoms with E-state index in [2.05, 4.69) is 4.98 Å². The lowest BCUT2D eigenvalue weighted by molar-refractivity contribution is -0.127. The first-order chi connectivity index (χ1) is 9.52. The highest BCUT2D eigenvalue weighted by Crippen LogP contribution is 2.19. The lowest BCUT2D eigenvalue weighted by Crippen LogP contribution is -2.54. The van der Waals surface area contributed by atoms with Crippen LogP contribution in [-0.2, 0) is 4.79 Å². The van der Waals surface area contributed by atoms with Crippen LogP contribution in [0.1, 0.15) is 20.8 Å². The van der Waals surface area contributed by atoms with Crippen molar-refractivity contribution in [3.05, 3.63) is 35.8 Å². The highest BCUT2D eigenvalue weighted by molar-refractivity contribution is 5.92. The van der Waals surface area contributed by atoms with E-state index in [1.807, 2.05) is 36.6 Å². The van der Waals surface area contributed by atoms with Crippen LogP contribution in [0.15, 0.2) is 29.8 Å². The molecule has 0 bridgehead atoms. The van der Waals surface area contributed by atoms with Gasteiger partial charge in [0.05, 0.1) is 0 Å². The molecule has 1 atom stereocenters. The Balaban J connectivity index is 2.08. The van der Waals surface area contributed by atoms with Gasteiger partial charge >= 0.3 is 0 Å². The predicted octanol–water partition coefficient (Wildman–Crippen LogP) is 2.22. The van der Waals surface area contributed by atoms with Gasteiger partial charge in [0.1, 0.15) is 5.82 Å². The number of hydrogen-bond acceptors (Lipinski definition) is 3. The number of rotatable bonds is 2. The van der Waals surface area contributed by atoms with Crippen LogP contribution in [0.4, 0.5) is 10.2 Å². The summed E-state index contributed by atoms with van der Waals surface area (Å²) in [7, 11) is 0. The number of piperazine rings is 1. The molecule has 0 aromatic carbocycles. The fourth-order valence-corrected chi connectivity index (χ4v) is 2.41. The van der Waals surface area contributed by atoms with Crippen LogP contribution in [0.3, 0.4) is 0 Å². The molecule has 2 rings (SSSR count). The molecule has 0 spiro atoms. The van der Waals surface area contributed by atoms with Crippen LogP contribution in [0, 0.1) is 5.95 Å². The van der Waals surface area contributed by atoms with Crippen LogP contribution < -0.4 is 4.90 Å². The summed E-state index contributed by atoms with van der Waals surface area (Å²) in [5.74, 6) is 0.233. The van der Waals surface area contributed by atoms with Crippen molar-refractivity contribution in [2.75, 3.05) is 24.5 Å². The molecule has 1 fully saturated rings. The molecule has 1 aliphatic heterocycles. The summed E-state index contributed by atoms with van der Waals surface area (Å²) < 4.78 is 13.2. The van der Waals surface area contributed by atoms with Gasteiger partial charge in [-0.05, 0) is 32.9 Å². The van der Waals surface area contributed by atoms with Gasteiger partial charge in [0.15, 0.2) is 0 Å². The number of nitrogens with zero attached hydrogens (tertiary/aromatic N) is 3. The standard InChI is InChI=1S/C15H20FN3O/c1-4-11(2)15(20)18-8-9-19(12(3)10-18)14-7-5-6-13(16)17-14/h4-7,12H,8-10H2,1-3H3/b11-4+. The van der Waals surface area contributed by atoms with Crippen LogP contribution in [0.2, 0.25) is 0 Å². The quantitative estimate of drug-likeness (QED) is 0.614. The zero-order chi connectivity index (χ0) is 14.7. The summed E-state index contributed by atoms with van der Waals surface area (Å²) in [5, 5.41) is 0. The van der Waals surface area contributed by atoms with Gasteiger partial charge < -0.3 is 9.80 Å². The van der Waals surface area contributed by atoms with Crippen molar-refractivity contribution in [2.45, 2.75) is 26.8 Å². The molecule has 1 aromatic heterocycles. The van der Waals surface area contributed by atoms with E-state index < -0.39 is 5.95 Å². The number of amides is 1. The van der Waals surface area contributed by atoms with Gasteiger partial charge in [-0.2, -0.15) is 4.39 Å². The van der Waals surface area contributed by atoms with Crippen LogP contribution in [0.25, 0.3) is 0 Å². The SMILES string of the molecule is C/C=C(\C)C(=O)N1CCN(c2cccc(F)n2)C(C)C1. The molecule has 4 nitrogen and oxygen atoms in total. The minimum atomic E-state index is -0.474. The number of anilines is 1. The normalized spacial score (nSPS) is 20.2. The Kier molecular flexibility index (Phi) is 4.37. The van der Waals surface area contributed by atoms with Gasteiger partial charge in [-0.15, -0.1) is 0 Å². The third-order valence-corrected chi connectivity index (χ3v) is 3.68. The minimum Gasteiger partial charge on any atom is -0.350 e. The second-order valence-electron chi connectivity index (χ2n) is 5.08. The monoisotopic (exact) mass is 277 g/mol. The smallest absolute Gasteiger partial charge is 0.249 e. The van der Waals surface area contributed by atoms with Crippen molar-refractivity contribution in [3.8, 4) is 0 Å². The molecule has 0 aliphatic carbocycles. The number of halogens is 1. The Hall–Kier alpha value is -1.91. The zero-order valence-electron chi connectivity index (χ0n) is 12.1. The van der Waals surface area contributed by atoms with Gasteiger partial charge in [-0.25, -0.2) is 4.98 Å². The lowest BCUT2D eigenvalue weighted by atomic mass is 10.1. The number of pyridine rings is 1. The minimum absolute atomic E-state index is 0.0752. The first kappa shape index (κ1) is 14.5. The third kappa shape index (κ3) is 2.98. The lowest BCUT2D eigenvalue weighted by Gasteiger charge is -2.40. The molecule has 1 amide bonds. The Morgan fingerprint density at radius 1 is 1.45 bits per heavy atom. The van der Waals surface area contributed by atoms with Gasteiger partial charge in [0.2, 0.25) is 11.9 Å². The Labute approximate surface area is 118 Å². The van der Waals surface area contributed by atoms with Gasteiger partial charge in [-0.3, -0.25) is 4.79 Å². The van der Waals surface area contributed by atoms with Crippen LogP contribution >= 0.6 is 0 Å². The molecule has 108 valence electrons. The van der Waals surface area contributed by atoms with E-state index in [0.717, 1.165) is 5.57 Å². The van der Waals surface area contributed by atoms with Crippen molar-refractivity contribution in [2.24, 2.45) is 0 Å². The summed E-state index contributed by atoms with van der Waals surface area (Å²) in [6.07, 6.45) is 1.83. The maximum absolute atomic E-state index is 13.2. The first-order valence-electron chi connectivity index (χ1n) is 6.84. The first-order valence-corrected chi connectivity index (χ1v) is 6.84. The van der Waals surface area contributed by atoms with Crippen molar-refractivity contribution < 1.29 is 9.18 Å². The second-order valence-corrected chi connectivity index (χ2v) is 5.08. The maximum atomic E-state index is 13.2. The summed E-state index contributed by atoms with van der Waals surface area (Å²) >= 11 is 0. The third-order valence-electron chi connectivity index (χ3n) is 3.68. The number of carbonyl (C=O) groups excluding carboxylic acids is 1. The molecule has 5 heteroatoms. The van der Waals surface area contributed by atoms with Crippen molar-refractivity contribution in [1.82, 2.24) is 9.88 Å². The summed E-state index contributed by atoms with van der Waals surface area (Å²) in [6.45, 7) is 7.64. The molecular weight excluding hydrogens is 257 g/mol. The summed E-state index contributed by atoms with van der Waals surface area (Å²) in [6, 6.07) is 4.91. The summed E-state index contributed by atoms with van der Waals surface area (Å²) in [5.41, 5.74) is 0.759.